The van der Waals surface area contributed by atoms with Gasteiger partial charge in [0.25, 0.3) is 0 Å². The van der Waals surface area contributed by atoms with Crippen LogP contribution >= 0.6 is 11.6 Å². The van der Waals surface area contributed by atoms with Gasteiger partial charge in [-0.25, -0.2) is 0 Å². The third kappa shape index (κ3) is 3.07. The van der Waals surface area contributed by atoms with Gasteiger partial charge < -0.3 is 14.6 Å². The third-order valence-electron chi connectivity index (χ3n) is 3.87. The minimum absolute atomic E-state index is 0.0612. The second-order valence-electron chi connectivity index (χ2n) is 5.51. The summed E-state index contributed by atoms with van der Waals surface area (Å²) in [7, 11) is 0. The quantitative estimate of drug-likeness (QED) is 0.876. The monoisotopic (exact) mass is 296 g/mol. The number of carboxylic acids is 1. The first-order chi connectivity index (χ1) is 9.63. The molecule has 0 bridgehead atoms. The van der Waals surface area contributed by atoms with Crippen LogP contribution in [-0.4, -0.2) is 30.4 Å². The molecule has 1 N–H and O–H groups in total. The zero-order chi connectivity index (χ0) is 14.1. The van der Waals surface area contributed by atoms with Gasteiger partial charge >= 0.3 is 5.97 Å². The number of hydrogen-bond acceptors (Lipinski definition) is 3. The van der Waals surface area contributed by atoms with Gasteiger partial charge in [-0.15, -0.1) is 0 Å². The van der Waals surface area contributed by atoms with Gasteiger partial charge in [0, 0.05) is 0 Å². The van der Waals surface area contributed by atoms with Crippen LogP contribution < -0.4 is 4.74 Å². The number of hydrogen-bond donors (Lipinski definition) is 1. The van der Waals surface area contributed by atoms with Crippen LogP contribution in [0.1, 0.15) is 30.7 Å². The SMILES string of the molecule is O=C(O)CC(c1ccc(OC2COC2)c(Cl)c1)C1CC1. The highest BCUT2D eigenvalue weighted by Gasteiger charge is 2.34. The molecule has 3 rings (SSSR count). The predicted molar refractivity (Wildman–Crippen MR) is 74.4 cm³/mol. The number of halogens is 1. The fourth-order valence-electron chi connectivity index (χ4n) is 2.55. The van der Waals surface area contributed by atoms with Crippen molar-refractivity contribution < 1.29 is 19.4 Å². The maximum Gasteiger partial charge on any atom is 0.303 e. The first-order valence-electron chi connectivity index (χ1n) is 6.89. The highest BCUT2D eigenvalue weighted by molar-refractivity contribution is 6.32. The van der Waals surface area contributed by atoms with Crippen LogP contribution in [0.4, 0.5) is 0 Å². The molecule has 1 heterocycles. The molecule has 2 aliphatic rings. The van der Waals surface area contributed by atoms with Gasteiger partial charge in [0.15, 0.2) is 0 Å². The van der Waals surface area contributed by atoms with Crippen molar-refractivity contribution in [2.45, 2.75) is 31.3 Å². The number of ether oxygens (including phenoxy) is 2. The van der Waals surface area contributed by atoms with E-state index in [0.717, 1.165) is 18.4 Å². The molecule has 1 aromatic rings. The molecule has 0 amide bonds. The molecule has 1 aliphatic heterocycles. The molecule has 5 heteroatoms. The van der Waals surface area contributed by atoms with E-state index in [-0.39, 0.29) is 18.4 Å². The van der Waals surface area contributed by atoms with Crippen molar-refractivity contribution >= 4 is 17.6 Å². The van der Waals surface area contributed by atoms with Crippen molar-refractivity contribution in [2.75, 3.05) is 13.2 Å². The second kappa shape index (κ2) is 5.62. The molecule has 0 aromatic heterocycles. The lowest BCUT2D eigenvalue weighted by molar-refractivity contribution is -0.137. The first-order valence-corrected chi connectivity index (χ1v) is 7.27. The Hall–Kier alpha value is -1.26. The van der Waals surface area contributed by atoms with E-state index in [1.807, 2.05) is 18.2 Å². The molecule has 1 aliphatic carbocycles. The molecule has 108 valence electrons. The van der Waals surface area contributed by atoms with Gasteiger partial charge in [-0.05, 0) is 42.4 Å². The van der Waals surface area contributed by atoms with Crippen LogP contribution in [-0.2, 0) is 9.53 Å². The minimum atomic E-state index is -0.759. The zero-order valence-corrected chi connectivity index (χ0v) is 11.8. The standard InChI is InChI=1S/C15H17ClO4/c16-13-5-10(12(6-15(17)18)9-1-2-9)3-4-14(13)20-11-7-19-8-11/h3-5,9,11-12H,1-2,6-8H2,(H,17,18). The summed E-state index contributed by atoms with van der Waals surface area (Å²) in [5.41, 5.74) is 0.997. The molecule has 1 atom stereocenters. The van der Waals surface area contributed by atoms with E-state index in [4.69, 9.17) is 26.2 Å². The van der Waals surface area contributed by atoms with Gasteiger partial charge in [0.05, 0.1) is 24.7 Å². The molecule has 1 unspecified atom stereocenters. The zero-order valence-electron chi connectivity index (χ0n) is 11.0. The average molecular weight is 297 g/mol. The molecule has 4 nitrogen and oxygen atoms in total. The van der Waals surface area contributed by atoms with E-state index >= 15 is 0 Å². The van der Waals surface area contributed by atoms with Crippen molar-refractivity contribution in [2.24, 2.45) is 5.92 Å². The van der Waals surface area contributed by atoms with Crippen LogP contribution in [0.25, 0.3) is 0 Å². The fourth-order valence-corrected chi connectivity index (χ4v) is 2.78. The summed E-state index contributed by atoms with van der Waals surface area (Å²) >= 11 is 6.25. The van der Waals surface area contributed by atoms with Crippen molar-refractivity contribution in [1.82, 2.24) is 0 Å². The lowest BCUT2D eigenvalue weighted by atomic mass is 9.91. The van der Waals surface area contributed by atoms with Crippen LogP contribution in [0.2, 0.25) is 5.02 Å². The summed E-state index contributed by atoms with van der Waals surface area (Å²) in [6.07, 6.45) is 2.45. The lowest BCUT2D eigenvalue weighted by Crippen LogP contribution is -2.38. The fraction of sp³-hybridized carbons (Fsp3) is 0.533. The lowest BCUT2D eigenvalue weighted by Gasteiger charge is -2.27. The Balaban J connectivity index is 1.75. The highest BCUT2D eigenvalue weighted by Crippen LogP contribution is 2.45. The Morgan fingerprint density at radius 3 is 2.70 bits per heavy atom. The third-order valence-corrected chi connectivity index (χ3v) is 4.17. The van der Waals surface area contributed by atoms with Gasteiger partial charge in [-0.1, -0.05) is 17.7 Å². The molecule has 1 aromatic carbocycles. The van der Waals surface area contributed by atoms with E-state index in [1.165, 1.54) is 0 Å². The van der Waals surface area contributed by atoms with Gasteiger partial charge in [0.2, 0.25) is 0 Å². The maximum absolute atomic E-state index is 11.0. The minimum Gasteiger partial charge on any atom is -0.484 e. The Bertz CT molecular complexity index is 509. The van der Waals surface area contributed by atoms with E-state index < -0.39 is 5.97 Å². The van der Waals surface area contributed by atoms with Crippen molar-refractivity contribution in [3.05, 3.63) is 28.8 Å². The van der Waals surface area contributed by atoms with Crippen LogP contribution in [0, 0.1) is 5.92 Å². The smallest absolute Gasteiger partial charge is 0.303 e. The summed E-state index contributed by atoms with van der Waals surface area (Å²) < 4.78 is 10.8. The summed E-state index contributed by atoms with van der Waals surface area (Å²) in [5.74, 6) is 0.429. The van der Waals surface area contributed by atoms with Crippen molar-refractivity contribution in [3.8, 4) is 5.75 Å². The van der Waals surface area contributed by atoms with Gasteiger partial charge in [-0.2, -0.15) is 0 Å². The molecule has 0 spiro atoms. The van der Waals surface area contributed by atoms with Crippen LogP contribution in [0.15, 0.2) is 18.2 Å². The topological polar surface area (TPSA) is 55.8 Å². The van der Waals surface area contributed by atoms with Crippen molar-refractivity contribution in [1.29, 1.82) is 0 Å². The molecule has 2 fully saturated rings. The van der Waals surface area contributed by atoms with Crippen molar-refractivity contribution in [3.63, 3.8) is 0 Å². The highest BCUT2D eigenvalue weighted by atomic mass is 35.5. The Morgan fingerprint density at radius 1 is 1.45 bits per heavy atom. The Kier molecular flexibility index (Phi) is 3.85. The average Bonchev–Trinajstić information content (AvgIpc) is 3.16. The summed E-state index contributed by atoms with van der Waals surface area (Å²) in [5, 5.41) is 9.58. The van der Waals surface area contributed by atoms with Gasteiger partial charge in [-0.3, -0.25) is 4.79 Å². The normalized spacial score (nSPS) is 20.2. The summed E-state index contributed by atoms with van der Waals surface area (Å²) in [6, 6.07) is 5.63. The van der Waals surface area contributed by atoms with Gasteiger partial charge in [0.1, 0.15) is 11.9 Å². The number of carboxylic acid groups (broad SMARTS) is 1. The molecule has 20 heavy (non-hydrogen) atoms. The molecule has 0 radical (unpaired) electrons. The van der Waals surface area contributed by atoms with E-state index in [1.54, 1.807) is 0 Å². The number of carbonyl (C=O) groups is 1. The van der Waals surface area contributed by atoms with E-state index in [0.29, 0.717) is 29.9 Å². The van der Waals surface area contributed by atoms with Crippen LogP contribution in [0.5, 0.6) is 5.75 Å². The largest absolute Gasteiger partial charge is 0.484 e. The molecular weight excluding hydrogens is 280 g/mol. The second-order valence-corrected chi connectivity index (χ2v) is 5.92. The summed E-state index contributed by atoms with van der Waals surface area (Å²) in [4.78, 5) is 11.0. The van der Waals surface area contributed by atoms with E-state index in [2.05, 4.69) is 0 Å². The molecule has 1 saturated heterocycles. The Morgan fingerprint density at radius 2 is 2.20 bits per heavy atom. The molecular formula is C15H17ClO4. The Labute approximate surface area is 122 Å². The molecule has 1 saturated carbocycles. The predicted octanol–water partition coefficient (Wildman–Crippen LogP) is 3.09. The van der Waals surface area contributed by atoms with E-state index in [9.17, 15) is 4.79 Å². The van der Waals surface area contributed by atoms with Crippen LogP contribution in [0.3, 0.4) is 0 Å². The first kappa shape index (κ1) is 13.7. The summed E-state index contributed by atoms with van der Waals surface area (Å²) in [6.45, 7) is 1.20. The maximum atomic E-state index is 11.0. The number of benzene rings is 1. The number of aliphatic carboxylic acids is 1. The number of rotatable bonds is 6.